The van der Waals surface area contributed by atoms with E-state index in [0.717, 1.165) is 4.88 Å². The Morgan fingerprint density at radius 1 is 1.12 bits per heavy atom. The molecular weight excluding hydrogens is 468 g/mol. The summed E-state index contributed by atoms with van der Waals surface area (Å²) in [6.45, 7) is -0.656. The number of benzene rings is 2. The Morgan fingerprint density at radius 3 is 2.61 bits per heavy atom. The molecule has 0 saturated carbocycles. The van der Waals surface area contributed by atoms with Gasteiger partial charge in [-0.3, -0.25) is 14.9 Å². The second kappa shape index (κ2) is 9.63. The first-order chi connectivity index (χ1) is 15.9. The molecule has 0 atom stereocenters. The number of nitrogens with one attached hydrogen (secondary N) is 1. The van der Waals surface area contributed by atoms with Crippen molar-refractivity contribution in [2.24, 2.45) is 0 Å². The summed E-state index contributed by atoms with van der Waals surface area (Å²) in [7, 11) is 0. The summed E-state index contributed by atoms with van der Waals surface area (Å²) < 4.78 is 6.62. The van der Waals surface area contributed by atoms with E-state index < -0.39 is 23.4 Å². The van der Waals surface area contributed by atoms with Crippen LogP contribution in [0.5, 0.6) is 0 Å². The van der Waals surface area contributed by atoms with Crippen LogP contribution in [0.4, 0.5) is 11.4 Å². The van der Waals surface area contributed by atoms with Crippen molar-refractivity contribution in [1.82, 2.24) is 9.78 Å². The average molecular weight is 483 g/mol. The van der Waals surface area contributed by atoms with E-state index in [4.69, 9.17) is 16.3 Å². The van der Waals surface area contributed by atoms with E-state index in [-0.39, 0.29) is 22.1 Å². The first kappa shape index (κ1) is 22.2. The highest BCUT2D eigenvalue weighted by molar-refractivity contribution is 7.13. The van der Waals surface area contributed by atoms with Gasteiger partial charge in [-0.15, -0.1) is 11.3 Å². The number of amides is 1. The molecule has 2 aromatic carbocycles. The number of carbonyl (C=O) groups excluding carboxylic acids is 2. The lowest BCUT2D eigenvalue weighted by Gasteiger charge is -2.09. The van der Waals surface area contributed by atoms with Crippen LogP contribution in [0.1, 0.15) is 10.5 Å². The number of para-hydroxylation sites is 1. The van der Waals surface area contributed by atoms with Crippen molar-refractivity contribution in [3.63, 3.8) is 0 Å². The number of carbonyl (C=O) groups is 2. The Labute approximate surface area is 196 Å². The van der Waals surface area contributed by atoms with Gasteiger partial charge in [-0.1, -0.05) is 35.9 Å². The molecule has 9 nitrogen and oxygen atoms in total. The minimum atomic E-state index is -0.773. The number of esters is 1. The van der Waals surface area contributed by atoms with Crippen molar-refractivity contribution >= 4 is 46.2 Å². The lowest BCUT2D eigenvalue weighted by atomic mass is 10.2. The molecule has 0 spiro atoms. The Balaban J connectivity index is 1.52. The first-order valence-corrected chi connectivity index (χ1v) is 10.8. The highest BCUT2D eigenvalue weighted by Gasteiger charge is 2.21. The van der Waals surface area contributed by atoms with E-state index in [2.05, 4.69) is 10.4 Å². The molecule has 0 unspecified atom stereocenters. The lowest BCUT2D eigenvalue weighted by Crippen LogP contribution is -2.22. The van der Waals surface area contributed by atoms with Crippen molar-refractivity contribution in [3.05, 3.63) is 92.9 Å². The molecule has 0 aliphatic carbocycles. The Kier molecular flexibility index (Phi) is 6.48. The number of hydrogen-bond acceptors (Lipinski definition) is 7. The normalized spacial score (nSPS) is 10.6. The molecule has 0 radical (unpaired) electrons. The molecule has 0 aliphatic rings. The Morgan fingerprint density at radius 2 is 1.91 bits per heavy atom. The molecule has 2 aromatic heterocycles. The van der Waals surface area contributed by atoms with Crippen molar-refractivity contribution < 1.29 is 19.2 Å². The standard InChI is InChI=1S/C22H15ClN4O5S/c23-14-8-9-18(27(30)31)16(11-14)24-21(28)13-32-22(29)19-12-17(20-7-4-10-33-20)25-26(19)15-5-2-1-3-6-15/h1-12H,13H2,(H,24,28). The van der Waals surface area contributed by atoms with Gasteiger partial charge in [0.1, 0.15) is 11.4 Å². The van der Waals surface area contributed by atoms with Crippen LogP contribution in [0.3, 0.4) is 0 Å². The number of nitro groups is 1. The van der Waals surface area contributed by atoms with E-state index in [0.29, 0.717) is 11.4 Å². The zero-order chi connectivity index (χ0) is 23.4. The number of halogens is 1. The van der Waals surface area contributed by atoms with Crippen molar-refractivity contribution in [2.45, 2.75) is 0 Å². The number of hydrogen-bond donors (Lipinski definition) is 1. The summed E-state index contributed by atoms with van der Waals surface area (Å²) in [5.74, 6) is -1.53. The number of nitro benzene ring substituents is 1. The van der Waals surface area contributed by atoms with Gasteiger partial charge in [0.2, 0.25) is 0 Å². The van der Waals surface area contributed by atoms with E-state index in [1.54, 1.807) is 18.2 Å². The van der Waals surface area contributed by atoms with Gasteiger partial charge in [0, 0.05) is 17.2 Å². The number of nitrogens with zero attached hydrogens (tertiary/aromatic N) is 3. The van der Waals surface area contributed by atoms with Gasteiger partial charge < -0.3 is 10.1 Å². The largest absolute Gasteiger partial charge is 0.451 e. The Hall–Kier alpha value is -4.02. The van der Waals surface area contributed by atoms with Crippen LogP contribution in [0.25, 0.3) is 16.3 Å². The van der Waals surface area contributed by atoms with Crippen LogP contribution < -0.4 is 5.32 Å². The zero-order valence-corrected chi connectivity index (χ0v) is 18.4. The quantitative estimate of drug-likeness (QED) is 0.226. The fourth-order valence-electron chi connectivity index (χ4n) is 3.00. The van der Waals surface area contributed by atoms with Gasteiger partial charge >= 0.3 is 5.97 Å². The number of thiophene rings is 1. The third kappa shape index (κ3) is 5.08. The topological polar surface area (TPSA) is 116 Å². The highest BCUT2D eigenvalue weighted by Crippen LogP contribution is 2.28. The van der Waals surface area contributed by atoms with Crippen LogP contribution in [0.15, 0.2) is 72.1 Å². The molecule has 166 valence electrons. The van der Waals surface area contributed by atoms with Gasteiger partial charge in [-0.25, -0.2) is 9.48 Å². The SMILES string of the molecule is O=C(COC(=O)c1cc(-c2cccs2)nn1-c1ccccc1)Nc1cc(Cl)ccc1[N+](=O)[O-]. The summed E-state index contributed by atoms with van der Waals surface area (Å²) in [4.78, 5) is 36.5. The third-order valence-corrected chi connectivity index (χ3v) is 5.58. The van der Waals surface area contributed by atoms with Gasteiger partial charge in [-0.05, 0) is 35.7 Å². The molecule has 33 heavy (non-hydrogen) atoms. The number of aromatic nitrogens is 2. The fraction of sp³-hybridized carbons (Fsp3) is 0.0455. The van der Waals surface area contributed by atoms with Crippen LogP contribution in [-0.2, 0) is 9.53 Å². The summed E-state index contributed by atoms with van der Waals surface area (Å²) in [6.07, 6.45) is 0. The van der Waals surface area contributed by atoms with Crippen molar-refractivity contribution in [1.29, 1.82) is 0 Å². The summed E-state index contributed by atoms with van der Waals surface area (Å²) in [5, 5.41) is 20.1. The van der Waals surface area contributed by atoms with Gasteiger partial charge in [-0.2, -0.15) is 5.10 Å². The molecule has 1 amide bonds. The Bertz CT molecular complexity index is 1320. The number of ether oxygens (including phenoxy) is 1. The van der Waals surface area contributed by atoms with Gasteiger partial charge in [0.25, 0.3) is 11.6 Å². The van der Waals surface area contributed by atoms with E-state index in [9.17, 15) is 19.7 Å². The van der Waals surface area contributed by atoms with Crippen LogP contribution >= 0.6 is 22.9 Å². The molecule has 4 rings (SSSR count). The maximum atomic E-state index is 12.8. The molecule has 0 bridgehead atoms. The number of anilines is 1. The third-order valence-electron chi connectivity index (χ3n) is 4.46. The van der Waals surface area contributed by atoms with Gasteiger partial charge in [0.15, 0.2) is 12.3 Å². The first-order valence-electron chi connectivity index (χ1n) is 9.52. The van der Waals surface area contributed by atoms with Crippen molar-refractivity contribution in [3.8, 4) is 16.3 Å². The second-order valence-corrected chi connectivity index (χ2v) is 8.07. The van der Waals surface area contributed by atoms with E-state index >= 15 is 0 Å². The molecule has 1 N–H and O–H groups in total. The molecule has 0 aliphatic heterocycles. The van der Waals surface area contributed by atoms with Crippen LogP contribution in [0, 0.1) is 10.1 Å². The predicted octanol–water partition coefficient (Wildman–Crippen LogP) is 4.96. The maximum Gasteiger partial charge on any atom is 0.357 e. The fourth-order valence-corrected chi connectivity index (χ4v) is 3.85. The van der Waals surface area contributed by atoms with E-state index in [1.807, 2.05) is 35.7 Å². The molecule has 4 aromatic rings. The summed E-state index contributed by atoms with van der Waals surface area (Å²) in [5.41, 5.74) is 0.932. The lowest BCUT2D eigenvalue weighted by molar-refractivity contribution is -0.383. The average Bonchev–Trinajstić information content (AvgIpc) is 3.48. The molecule has 11 heteroatoms. The predicted molar refractivity (Wildman–Crippen MR) is 124 cm³/mol. The monoisotopic (exact) mass is 482 g/mol. The zero-order valence-electron chi connectivity index (χ0n) is 16.8. The maximum absolute atomic E-state index is 12.8. The van der Waals surface area contributed by atoms with Crippen molar-refractivity contribution in [2.75, 3.05) is 11.9 Å². The van der Waals surface area contributed by atoms with Crippen LogP contribution in [0.2, 0.25) is 5.02 Å². The van der Waals surface area contributed by atoms with E-state index in [1.165, 1.54) is 34.2 Å². The molecular formula is C22H15ClN4O5S. The smallest absolute Gasteiger partial charge is 0.357 e. The molecule has 0 fully saturated rings. The molecule has 0 saturated heterocycles. The minimum absolute atomic E-state index is 0.0946. The van der Waals surface area contributed by atoms with Crippen LogP contribution in [-0.4, -0.2) is 33.2 Å². The number of rotatable bonds is 7. The molecule has 2 heterocycles. The summed E-state index contributed by atoms with van der Waals surface area (Å²) >= 11 is 7.34. The second-order valence-electron chi connectivity index (χ2n) is 6.68. The van der Waals surface area contributed by atoms with Gasteiger partial charge in [0.05, 0.1) is 15.5 Å². The minimum Gasteiger partial charge on any atom is -0.451 e. The summed E-state index contributed by atoms with van der Waals surface area (Å²) in [6, 6.07) is 18.1. The highest BCUT2D eigenvalue weighted by atomic mass is 35.5.